The Hall–Kier alpha value is -2.76. The lowest BCUT2D eigenvalue weighted by molar-refractivity contribution is 0.0776. The van der Waals surface area contributed by atoms with E-state index in [0.717, 1.165) is 11.3 Å². The highest BCUT2D eigenvalue weighted by Crippen LogP contribution is 2.10. The van der Waals surface area contributed by atoms with Crippen molar-refractivity contribution in [2.24, 2.45) is 0 Å². The van der Waals surface area contributed by atoms with Crippen LogP contribution in [0.25, 0.3) is 11.0 Å². The average molecular weight is 267 g/mol. The van der Waals surface area contributed by atoms with Crippen LogP contribution in [0.15, 0.2) is 42.9 Å². The van der Waals surface area contributed by atoms with Gasteiger partial charge in [-0.2, -0.15) is 0 Å². The first-order valence-corrected chi connectivity index (χ1v) is 6.19. The van der Waals surface area contributed by atoms with Crippen LogP contribution in [0.3, 0.4) is 0 Å². The Bertz CT molecular complexity index is 738. The summed E-state index contributed by atoms with van der Waals surface area (Å²) in [5.41, 5.74) is 1.82. The highest BCUT2D eigenvalue weighted by molar-refractivity contribution is 5.93. The third-order valence-corrected chi connectivity index (χ3v) is 2.96. The molecule has 100 valence electrons. The number of benzene rings is 1. The second kappa shape index (κ2) is 5.08. The summed E-state index contributed by atoms with van der Waals surface area (Å²) in [5, 5.41) is 0. The fourth-order valence-electron chi connectivity index (χ4n) is 1.94. The van der Waals surface area contributed by atoms with Gasteiger partial charge < -0.3 is 9.88 Å². The molecule has 0 aliphatic rings. The van der Waals surface area contributed by atoms with E-state index in [2.05, 4.69) is 19.9 Å². The Labute approximate surface area is 115 Å². The fourth-order valence-corrected chi connectivity index (χ4v) is 1.94. The third kappa shape index (κ3) is 2.35. The van der Waals surface area contributed by atoms with Gasteiger partial charge in [-0.15, -0.1) is 0 Å². The van der Waals surface area contributed by atoms with E-state index < -0.39 is 0 Å². The average Bonchev–Trinajstić information content (AvgIpc) is 2.99. The number of aromatic amines is 1. The maximum absolute atomic E-state index is 12.3. The Morgan fingerprint density at radius 2 is 2.05 bits per heavy atom. The number of hydrogen-bond donors (Lipinski definition) is 1. The van der Waals surface area contributed by atoms with E-state index >= 15 is 0 Å². The molecule has 0 aliphatic carbocycles. The van der Waals surface area contributed by atoms with Gasteiger partial charge in [0.2, 0.25) is 0 Å². The molecule has 3 aromatic rings. The molecular formula is C14H13N5O. The molecule has 0 radical (unpaired) electrons. The molecule has 0 bridgehead atoms. The van der Waals surface area contributed by atoms with Crippen LogP contribution in [0.4, 0.5) is 0 Å². The summed E-state index contributed by atoms with van der Waals surface area (Å²) in [6, 6.07) is 7.47. The first kappa shape index (κ1) is 12.3. The predicted octanol–water partition coefficient (Wildman–Crippen LogP) is 1.63. The number of aromatic nitrogens is 4. The zero-order valence-electron chi connectivity index (χ0n) is 10.9. The highest BCUT2D eigenvalue weighted by atomic mass is 16.2. The number of carbonyl (C=O) groups excluding carboxylic acids is 1. The van der Waals surface area contributed by atoms with Crippen molar-refractivity contribution in [1.29, 1.82) is 0 Å². The molecule has 3 rings (SSSR count). The molecule has 0 unspecified atom stereocenters. The molecule has 0 atom stereocenters. The number of nitrogens with zero attached hydrogens (tertiary/aromatic N) is 4. The van der Waals surface area contributed by atoms with Crippen LogP contribution in [-0.2, 0) is 6.54 Å². The minimum Gasteiger partial charge on any atom is -0.347 e. The molecule has 2 heterocycles. The van der Waals surface area contributed by atoms with E-state index in [1.807, 2.05) is 24.3 Å². The molecule has 0 saturated heterocycles. The van der Waals surface area contributed by atoms with Crippen molar-refractivity contribution in [2.75, 3.05) is 7.05 Å². The van der Waals surface area contributed by atoms with Crippen LogP contribution in [0, 0.1) is 0 Å². The van der Waals surface area contributed by atoms with E-state index in [4.69, 9.17) is 0 Å². The topological polar surface area (TPSA) is 74.8 Å². The fraction of sp³-hybridized carbons (Fsp3) is 0.143. The largest absolute Gasteiger partial charge is 0.347 e. The standard InChI is InChI=1S/C14H13N5O/c1-19(9-13-15-6-7-16-13)14(20)12-8-17-10-4-2-3-5-11(10)18-12/h2-8H,9H2,1H3,(H,15,16). The summed E-state index contributed by atoms with van der Waals surface area (Å²) >= 11 is 0. The SMILES string of the molecule is CN(Cc1ncc[nH]1)C(=O)c1cnc2ccccc2n1. The van der Waals surface area contributed by atoms with Crippen molar-refractivity contribution >= 4 is 16.9 Å². The van der Waals surface area contributed by atoms with Gasteiger partial charge in [0, 0.05) is 19.4 Å². The van der Waals surface area contributed by atoms with Gasteiger partial charge >= 0.3 is 0 Å². The van der Waals surface area contributed by atoms with Gasteiger partial charge in [-0.25, -0.2) is 9.97 Å². The van der Waals surface area contributed by atoms with Crippen LogP contribution < -0.4 is 0 Å². The molecule has 0 fully saturated rings. The number of hydrogen-bond acceptors (Lipinski definition) is 4. The van der Waals surface area contributed by atoms with Crippen LogP contribution in [0.5, 0.6) is 0 Å². The number of carbonyl (C=O) groups is 1. The second-order valence-corrected chi connectivity index (χ2v) is 4.44. The lowest BCUT2D eigenvalue weighted by atomic mass is 10.3. The van der Waals surface area contributed by atoms with Gasteiger partial charge in [-0.3, -0.25) is 9.78 Å². The molecule has 20 heavy (non-hydrogen) atoms. The van der Waals surface area contributed by atoms with E-state index in [0.29, 0.717) is 17.8 Å². The van der Waals surface area contributed by atoms with Crippen LogP contribution in [0.2, 0.25) is 0 Å². The van der Waals surface area contributed by atoms with Crippen molar-refractivity contribution in [2.45, 2.75) is 6.54 Å². The molecule has 0 spiro atoms. The molecule has 1 amide bonds. The predicted molar refractivity (Wildman–Crippen MR) is 73.9 cm³/mol. The number of para-hydroxylation sites is 2. The monoisotopic (exact) mass is 267 g/mol. The number of amides is 1. The highest BCUT2D eigenvalue weighted by Gasteiger charge is 2.15. The maximum atomic E-state index is 12.3. The van der Waals surface area contributed by atoms with Gasteiger partial charge in [0.15, 0.2) is 0 Å². The number of rotatable bonds is 3. The first-order valence-electron chi connectivity index (χ1n) is 6.19. The number of H-pyrrole nitrogens is 1. The molecule has 6 heteroatoms. The summed E-state index contributed by atoms with van der Waals surface area (Å²) in [5.74, 6) is 0.550. The van der Waals surface area contributed by atoms with Crippen molar-refractivity contribution in [3.8, 4) is 0 Å². The molecular weight excluding hydrogens is 254 g/mol. The van der Waals surface area contributed by atoms with Crippen molar-refractivity contribution in [1.82, 2.24) is 24.8 Å². The zero-order valence-corrected chi connectivity index (χ0v) is 10.9. The summed E-state index contributed by atoms with van der Waals surface area (Å²) < 4.78 is 0. The molecule has 1 N–H and O–H groups in total. The van der Waals surface area contributed by atoms with Crippen LogP contribution in [0.1, 0.15) is 16.3 Å². The first-order chi connectivity index (χ1) is 9.74. The van der Waals surface area contributed by atoms with Gasteiger partial charge in [0.1, 0.15) is 11.5 Å². The van der Waals surface area contributed by atoms with Gasteiger partial charge in [-0.05, 0) is 12.1 Å². The Kier molecular flexibility index (Phi) is 3.12. The number of imidazole rings is 1. The maximum Gasteiger partial charge on any atom is 0.274 e. The van der Waals surface area contributed by atoms with Crippen molar-refractivity contribution < 1.29 is 4.79 Å². The zero-order chi connectivity index (χ0) is 13.9. The van der Waals surface area contributed by atoms with Gasteiger partial charge in [-0.1, -0.05) is 12.1 Å². The Balaban J connectivity index is 1.84. The summed E-state index contributed by atoms with van der Waals surface area (Å²) in [4.78, 5) is 29.5. The summed E-state index contributed by atoms with van der Waals surface area (Å²) in [6.45, 7) is 0.403. The molecule has 2 aromatic heterocycles. The van der Waals surface area contributed by atoms with Crippen LogP contribution in [-0.4, -0.2) is 37.8 Å². The van der Waals surface area contributed by atoms with E-state index in [-0.39, 0.29) is 5.91 Å². The Morgan fingerprint density at radius 3 is 2.80 bits per heavy atom. The van der Waals surface area contributed by atoms with Gasteiger partial charge in [0.25, 0.3) is 5.91 Å². The molecule has 0 saturated carbocycles. The second-order valence-electron chi connectivity index (χ2n) is 4.44. The molecule has 1 aromatic carbocycles. The van der Waals surface area contributed by atoms with Crippen molar-refractivity contribution in [3.63, 3.8) is 0 Å². The normalized spacial score (nSPS) is 10.7. The smallest absolute Gasteiger partial charge is 0.274 e. The lowest BCUT2D eigenvalue weighted by Crippen LogP contribution is -2.27. The number of fused-ring (bicyclic) bond motifs is 1. The number of nitrogens with one attached hydrogen (secondary N) is 1. The quantitative estimate of drug-likeness (QED) is 0.782. The third-order valence-electron chi connectivity index (χ3n) is 2.96. The molecule has 0 aliphatic heterocycles. The minimum absolute atomic E-state index is 0.181. The van der Waals surface area contributed by atoms with Crippen molar-refractivity contribution in [3.05, 3.63) is 54.4 Å². The van der Waals surface area contributed by atoms with Gasteiger partial charge in [0.05, 0.1) is 23.8 Å². The summed E-state index contributed by atoms with van der Waals surface area (Å²) in [7, 11) is 1.71. The minimum atomic E-state index is -0.181. The van der Waals surface area contributed by atoms with E-state index in [1.165, 1.54) is 6.20 Å². The molecule has 6 nitrogen and oxygen atoms in total. The Morgan fingerprint density at radius 1 is 1.25 bits per heavy atom. The summed E-state index contributed by atoms with van der Waals surface area (Å²) in [6.07, 6.45) is 4.89. The van der Waals surface area contributed by atoms with E-state index in [1.54, 1.807) is 24.3 Å². The lowest BCUT2D eigenvalue weighted by Gasteiger charge is -2.15. The van der Waals surface area contributed by atoms with Crippen LogP contribution >= 0.6 is 0 Å². The van der Waals surface area contributed by atoms with E-state index in [9.17, 15) is 4.79 Å².